The number of imide groups is 1. The number of H-pyrrole nitrogens is 1. The monoisotopic (exact) mass is 329 g/mol. The summed E-state index contributed by atoms with van der Waals surface area (Å²) in [5.74, 6) is -1.16. The molecule has 2 aromatic rings. The summed E-state index contributed by atoms with van der Waals surface area (Å²) in [6, 6.07) is 7.21. The number of fused-ring (bicyclic) bond motifs is 1. The minimum Gasteiger partial charge on any atom is -0.452 e. The van der Waals surface area contributed by atoms with Crippen LogP contribution in [0.3, 0.4) is 0 Å². The Morgan fingerprint density at radius 3 is 2.79 bits per heavy atom. The van der Waals surface area contributed by atoms with E-state index < -0.39 is 24.0 Å². The Bertz CT molecular complexity index is 779. The molecule has 1 fully saturated rings. The number of para-hydroxylation sites is 1. The lowest BCUT2D eigenvalue weighted by atomic mass is 10.1. The van der Waals surface area contributed by atoms with E-state index in [4.69, 9.17) is 4.74 Å². The Morgan fingerprint density at radius 2 is 2.04 bits per heavy atom. The number of aromatic nitrogens is 1. The fourth-order valence-corrected chi connectivity index (χ4v) is 2.39. The molecule has 0 saturated heterocycles. The molecule has 7 heteroatoms. The van der Waals surface area contributed by atoms with E-state index in [9.17, 15) is 14.4 Å². The third kappa shape index (κ3) is 3.92. The standard InChI is InChI=1S/C17H19N3O4/c1-10(16(22)20-17(23)19-12-6-7-12)24-15(21)8-11-9-18-14-5-3-2-4-13(11)14/h2-5,9-10,12,18H,6-8H2,1H3,(H2,19,20,22,23). The number of esters is 1. The lowest BCUT2D eigenvalue weighted by molar-refractivity contribution is -0.153. The number of aromatic amines is 1. The van der Waals surface area contributed by atoms with Gasteiger partial charge in [-0.1, -0.05) is 18.2 Å². The average molecular weight is 329 g/mol. The first-order valence-corrected chi connectivity index (χ1v) is 7.89. The van der Waals surface area contributed by atoms with Crippen LogP contribution in [0.25, 0.3) is 10.9 Å². The number of benzene rings is 1. The molecule has 1 aliphatic carbocycles. The lowest BCUT2D eigenvalue weighted by Crippen LogP contribution is -2.45. The van der Waals surface area contributed by atoms with Crippen molar-refractivity contribution in [1.29, 1.82) is 0 Å². The molecule has 1 aliphatic rings. The second-order valence-electron chi connectivity index (χ2n) is 5.91. The lowest BCUT2D eigenvalue weighted by Gasteiger charge is -2.13. The molecular weight excluding hydrogens is 310 g/mol. The van der Waals surface area contributed by atoms with Crippen molar-refractivity contribution in [3.8, 4) is 0 Å². The van der Waals surface area contributed by atoms with Gasteiger partial charge in [0.15, 0.2) is 6.10 Å². The Labute approximate surface area is 138 Å². The number of hydrogen-bond donors (Lipinski definition) is 3. The van der Waals surface area contributed by atoms with Gasteiger partial charge in [-0.15, -0.1) is 0 Å². The van der Waals surface area contributed by atoms with E-state index in [1.807, 2.05) is 24.3 Å². The minimum absolute atomic E-state index is 0.0515. The number of rotatable bonds is 5. The molecule has 126 valence electrons. The highest BCUT2D eigenvalue weighted by Crippen LogP contribution is 2.19. The van der Waals surface area contributed by atoms with Gasteiger partial charge in [-0.05, 0) is 31.4 Å². The van der Waals surface area contributed by atoms with Gasteiger partial charge in [0.05, 0.1) is 6.42 Å². The van der Waals surface area contributed by atoms with E-state index in [-0.39, 0.29) is 12.5 Å². The Hall–Kier alpha value is -2.83. The number of carbonyl (C=O) groups excluding carboxylic acids is 3. The molecule has 0 radical (unpaired) electrons. The molecule has 0 aliphatic heterocycles. The number of urea groups is 1. The van der Waals surface area contributed by atoms with Crippen molar-refractivity contribution in [2.24, 2.45) is 0 Å². The average Bonchev–Trinajstić information content (AvgIpc) is 3.26. The largest absolute Gasteiger partial charge is 0.452 e. The second kappa shape index (κ2) is 6.74. The topological polar surface area (TPSA) is 100 Å². The number of carbonyl (C=O) groups is 3. The maximum absolute atomic E-state index is 12.0. The third-order valence-electron chi connectivity index (χ3n) is 3.84. The number of amides is 3. The SMILES string of the molecule is CC(OC(=O)Cc1c[nH]c2ccccc12)C(=O)NC(=O)NC1CC1. The summed E-state index contributed by atoms with van der Waals surface area (Å²) in [7, 11) is 0. The van der Waals surface area contributed by atoms with Crippen LogP contribution in [-0.2, 0) is 20.7 Å². The fourth-order valence-electron chi connectivity index (χ4n) is 2.39. The third-order valence-corrected chi connectivity index (χ3v) is 3.84. The molecule has 3 amide bonds. The Balaban J connectivity index is 1.51. The van der Waals surface area contributed by atoms with Crippen LogP contribution in [0.15, 0.2) is 30.5 Å². The summed E-state index contributed by atoms with van der Waals surface area (Å²) >= 11 is 0. The van der Waals surface area contributed by atoms with E-state index in [1.54, 1.807) is 6.20 Å². The van der Waals surface area contributed by atoms with E-state index in [0.717, 1.165) is 29.3 Å². The highest BCUT2D eigenvalue weighted by molar-refractivity contribution is 5.97. The van der Waals surface area contributed by atoms with Gasteiger partial charge in [0.2, 0.25) is 0 Å². The van der Waals surface area contributed by atoms with Crippen LogP contribution in [0.1, 0.15) is 25.3 Å². The molecule has 0 spiro atoms. The first-order valence-electron chi connectivity index (χ1n) is 7.89. The van der Waals surface area contributed by atoms with Crippen molar-refractivity contribution >= 4 is 28.8 Å². The van der Waals surface area contributed by atoms with Crippen LogP contribution in [0.2, 0.25) is 0 Å². The highest BCUT2D eigenvalue weighted by Gasteiger charge is 2.26. The smallest absolute Gasteiger partial charge is 0.321 e. The van der Waals surface area contributed by atoms with Gasteiger partial charge in [0, 0.05) is 23.1 Å². The molecule has 1 saturated carbocycles. The summed E-state index contributed by atoms with van der Waals surface area (Å²) < 4.78 is 5.11. The fraction of sp³-hybridized carbons (Fsp3) is 0.353. The van der Waals surface area contributed by atoms with Crippen LogP contribution < -0.4 is 10.6 Å². The number of hydrogen-bond acceptors (Lipinski definition) is 4. The van der Waals surface area contributed by atoms with Crippen LogP contribution in [0.4, 0.5) is 4.79 Å². The molecule has 24 heavy (non-hydrogen) atoms. The van der Waals surface area contributed by atoms with Gasteiger partial charge in [-0.25, -0.2) is 4.79 Å². The first kappa shape index (κ1) is 16.0. The molecule has 0 bridgehead atoms. The van der Waals surface area contributed by atoms with E-state index in [1.165, 1.54) is 6.92 Å². The van der Waals surface area contributed by atoms with Crippen molar-refractivity contribution in [3.63, 3.8) is 0 Å². The maximum Gasteiger partial charge on any atom is 0.321 e. The van der Waals surface area contributed by atoms with Crippen molar-refractivity contribution < 1.29 is 19.1 Å². The molecule has 7 nitrogen and oxygen atoms in total. The Morgan fingerprint density at radius 1 is 1.29 bits per heavy atom. The van der Waals surface area contributed by atoms with Crippen LogP contribution >= 0.6 is 0 Å². The predicted molar refractivity (Wildman–Crippen MR) is 87.3 cm³/mol. The quantitative estimate of drug-likeness (QED) is 0.726. The van der Waals surface area contributed by atoms with Crippen molar-refractivity contribution in [2.45, 2.75) is 38.3 Å². The zero-order chi connectivity index (χ0) is 17.1. The van der Waals surface area contributed by atoms with Crippen LogP contribution in [0, 0.1) is 0 Å². The van der Waals surface area contributed by atoms with Gasteiger partial charge >= 0.3 is 12.0 Å². The van der Waals surface area contributed by atoms with E-state index >= 15 is 0 Å². The van der Waals surface area contributed by atoms with Crippen molar-refractivity contribution in [3.05, 3.63) is 36.0 Å². The normalized spacial score (nSPS) is 14.9. The van der Waals surface area contributed by atoms with Gasteiger partial charge in [-0.3, -0.25) is 14.9 Å². The summed E-state index contributed by atoms with van der Waals surface area (Å²) in [4.78, 5) is 38.5. The van der Waals surface area contributed by atoms with Gasteiger partial charge in [0.25, 0.3) is 5.91 Å². The predicted octanol–water partition coefficient (Wildman–Crippen LogP) is 1.63. The van der Waals surface area contributed by atoms with Crippen molar-refractivity contribution in [2.75, 3.05) is 0 Å². The Kier molecular flexibility index (Phi) is 4.50. The summed E-state index contributed by atoms with van der Waals surface area (Å²) in [6.07, 6.45) is 2.62. The van der Waals surface area contributed by atoms with Gasteiger partial charge in [0.1, 0.15) is 0 Å². The van der Waals surface area contributed by atoms with Gasteiger partial charge < -0.3 is 15.0 Å². The number of nitrogens with one attached hydrogen (secondary N) is 3. The molecule has 1 unspecified atom stereocenters. The molecule has 1 aromatic heterocycles. The molecule has 1 aromatic carbocycles. The summed E-state index contributed by atoms with van der Waals surface area (Å²) in [5, 5.41) is 5.75. The van der Waals surface area contributed by atoms with E-state index in [0.29, 0.717) is 0 Å². The highest BCUT2D eigenvalue weighted by atomic mass is 16.5. The van der Waals surface area contributed by atoms with Crippen LogP contribution in [0.5, 0.6) is 0 Å². The molecule has 1 atom stereocenters. The molecular formula is C17H19N3O4. The molecule has 1 heterocycles. The van der Waals surface area contributed by atoms with Gasteiger partial charge in [-0.2, -0.15) is 0 Å². The zero-order valence-corrected chi connectivity index (χ0v) is 13.3. The van der Waals surface area contributed by atoms with Crippen LogP contribution in [-0.4, -0.2) is 35.0 Å². The molecule has 3 rings (SSSR count). The minimum atomic E-state index is -1.03. The maximum atomic E-state index is 12.0. The summed E-state index contributed by atoms with van der Waals surface area (Å²) in [5.41, 5.74) is 1.73. The molecule has 3 N–H and O–H groups in total. The number of ether oxygens (including phenoxy) is 1. The summed E-state index contributed by atoms with van der Waals surface area (Å²) in [6.45, 7) is 1.44. The van der Waals surface area contributed by atoms with Crippen molar-refractivity contribution in [1.82, 2.24) is 15.6 Å². The first-order chi connectivity index (χ1) is 11.5. The zero-order valence-electron chi connectivity index (χ0n) is 13.3. The second-order valence-corrected chi connectivity index (χ2v) is 5.91. The van der Waals surface area contributed by atoms with E-state index in [2.05, 4.69) is 15.6 Å².